The molecule has 5 heteroatoms. The second-order valence-electron chi connectivity index (χ2n) is 6.15. The van der Waals surface area contributed by atoms with Crippen LogP contribution in [0, 0.1) is 11.8 Å². The van der Waals surface area contributed by atoms with Gasteiger partial charge in [0.1, 0.15) is 0 Å². The first-order valence-electron chi connectivity index (χ1n) is 8.16. The minimum atomic E-state index is 0. The molecular weight excluding hydrogens is 288 g/mol. The fraction of sp³-hybridized carbons (Fsp3) is 0.938. The summed E-state index contributed by atoms with van der Waals surface area (Å²) in [4.78, 5) is 12.2. The van der Waals surface area contributed by atoms with Gasteiger partial charge in [-0.05, 0) is 44.2 Å². The summed E-state index contributed by atoms with van der Waals surface area (Å²) in [5.74, 6) is 1.28. The summed E-state index contributed by atoms with van der Waals surface area (Å²) < 4.78 is 5.20. The molecule has 1 amide bonds. The van der Waals surface area contributed by atoms with Gasteiger partial charge < -0.3 is 15.4 Å². The normalized spacial score (nSPS) is 21.2. The highest BCUT2D eigenvalue weighted by Gasteiger charge is 2.22. The lowest BCUT2D eigenvalue weighted by Crippen LogP contribution is -2.40. The minimum Gasteiger partial charge on any atom is -0.383 e. The van der Waals surface area contributed by atoms with E-state index in [-0.39, 0.29) is 24.4 Å². The van der Waals surface area contributed by atoms with E-state index >= 15 is 0 Å². The molecule has 1 aliphatic rings. The number of carbonyl (C=O) groups is 1. The quantitative estimate of drug-likeness (QED) is 0.687. The molecule has 3 atom stereocenters. The standard InChI is InChI=1S/C16H32N2O2.ClH/c1-4-5-8-15(12-20-3)18-16(19)10-13(2)14-7-6-9-17-11-14;/h13-15,17H,4-12H2,1-3H3,(H,18,19);1H. The van der Waals surface area contributed by atoms with Gasteiger partial charge in [-0.15, -0.1) is 12.4 Å². The Morgan fingerprint density at radius 2 is 2.24 bits per heavy atom. The number of piperidine rings is 1. The highest BCUT2D eigenvalue weighted by Crippen LogP contribution is 2.22. The Kier molecular flexibility index (Phi) is 12.1. The number of ether oxygens (including phenoxy) is 1. The average Bonchev–Trinajstić information content (AvgIpc) is 2.45. The monoisotopic (exact) mass is 320 g/mol. The molecule has 0 bridgehead atoms. The Morgan fingerprint density at radius 3 is 2.81 bits per heavy atom. The van der Waals surface area contributed by atoms with E-state index in [0.717, 1.165) is 32.4 Å². The number of halogens is 1. The second-order valence-corrected chi connectivity index (χ2v) is 6.15. The Labute approximate surface area is 136 Å². The molecular formula is C16H33ClN2O2. The number of methoxy groups -OCH3 is 1. The SMILES string of the molecule is CCCCC(COC)NC(=O)CC(C)C1CCCNC1.Cl. The number of amides is 1. The summed E-state index contributed by atoms with van der Waals surface area (Å²) in [7, 11) is 1.70. The minimum absolute atomic E-state index is 0. The van der Waals surface area contributed by atoms with Crippen LogP contribution >= 0.6 is 12.4 Å². The first-order valence-corrected chi connectivity index (χ1v) is 8.16. The lowest BCUT2D eigenvalue weighted by atomic mass is 9.85. The Bertz CT molecular complexity index is 265. The number of hydrogen-bond acceptors (Lipinski definition) is 3. The van der Waals surface area contributed by atoms with E-state index in [9.17, 15) is 4.79 Å². The van der Waals surface area contributed by atoms with Gasteiger partial charge in [0.15, 0.2) is 0 Å². The molecule has 0 aromatic heterocycles. The van der Waals surface area contributed by atoms with Gasteiger partial charge in [0.2, 0.25) is 5.91 Å². The Morgan fingerprint density at radius 1 is 1.48 bits per heavy atom. The van der Waals surface area contributed by atoms with E-state index in [2.05, 4.69) is 24.5 Å². The van der Waals surface area contributed by atoms with Crippen LogP contribution in [0.3, 0.4) is 0 Å². The van der Waals surface area contributed by atoms with Crippen molar-refractivity contribution in [2.75, 3.05) is 26.8 Å². The van der Waals surface area contributed by atoms with E-state index in [0.29, 0.717) is 24.9 Å². The molecule has 21 heavy (non-hydrogen) atoms. The Balaban J connectivity index is 0.00000400. The van der Waals surface area contributed by atoms with Crippen LogP contribution < -0.4 is 10.6 Å². The van der Waals surface area contributed by atoms with Crippen molar-refractivity contribution in [2.24, 2.45) is 11.8 Å². The van der Waals surface area contributed by atoms with Crippen molar-refractivity contribution in [1.29, 1.82) is 0 Å². The zero-order valence-corrected chi connectivity index (χ0v) is 14.6. The van der Waals surface area contributed by atoms with E-state index in [4.69, 9.17) is 4.74 Å². The van der Waals surface area contributed by atoms with Gasteiger partial charge in [-0.25, -0.2) is 0 Å². The van der Waals surface area contributed by atoms with E-state index < -0.39 is 0 Å². The lowest BCUT2D eigenvalue weighted by molar-refractivity contribution is -0.123. The predicted molar refractivity (Wildman–Crippen MR) is 90.0 cm³/mol. The zero-order valence-electron chi connectivity index (χ0n) is 13.8. The first-order chi connectivity index (χ1) is 9.67. The Hall–Kier alpha value is -0.320. The maximum atomic E-state index is 12.2. The van der Waals surface area contributed by atoms with Crippen LogP contribution in [0.25, 0.3) is 0 Å². The molecule has 3 unspecified atom stereocenters. The molecule has 1 aliphatic heterocycles. The highest BCUT2D eigenvalue weighted by molar-refractivity contribution is 5.85. The van der Waals surface area contributed by atoms with Gasteiger partial charge in [-0.2, -0.15) is 0 Å². The molecule has 1 fully saturated rings. The third-order valence-electron chi connectivity index (χ3n) is 4.29. The van der Waals surface area contributed by atoms with Crippen molar-refractivity contribution in [3.8, 4) is 0 Å². The van der Waals surface area contributed by atoms with E-state index in [1.165, 1.54) is 12.8 Å². The van der Waals surface area contributed by atoms with E-state index in [1.54, 1.807) is 7.11 Å². The second kappa shape index (κ2) is 12.2. The fourth-order valence-corrected chi connectivity index (χ4v) is 2.96. The molecule has 2 N–H and O–H groups in total. The van der Waals surface area contributed by atoms with Crippen molar-refractivity contribution in [3.05, 3.63) is 0 Å². The molecule has 0 aromatic rings. The van der Waals surface area contributed by atoms with Crippen LogP contribution in [-0.2, 0) is 9.53 Å². The number of nitrogens with one attached hydrogen (secondary N) is 2. The lowest BCUT2D eigenvalue weighted by Gasteiger charge is -2.28. The highest BCUT2D eigenvalue weighted by atomic mass is 35.5. The number of carbonyl (C=O) groups excluding carboxylic acids is 1. The predicted octanol–water partition coefficient (Wildman–Crippen LogP) is 2.76. The van der Waals surface area contributed by atoms with Gasteiger partial charge in [-0.3, -0.25) is 4.79 Å². The molecule has 1 rings (SSSR count). The summed E-state index contributed by atoms with van der Waals surface area (Å²) in [6.07, 6.45) is 6.42. The molecule has 0 saturated carbocycles. The summed E-state index contributed by atoms with van der Waals surface area (Å²) in [6, 6.07) is 0.170. The van der Waals surface area contributed by atoms with Crippen LogP contribution in [0.5, 0.6) is 0 Å². The van der Waals surface area contributed by atoms with Crippen molar-refractivity contribution in [1.82, 2.24) is 10.6 Å². The molecule has 1 saturated heterocycles. The van der Waals surface area contributed by atoms with Crippen molar-refractivity contribution >= 4 is 18.3 Å². The summed E-state index contributed by atoms with van der Waals surface area (Å²) in [5.41, 5.74) is 0. The molecule has 0 aliphatic carbocycles. The summed E-state index contributed by atoms with van der Waals surface area (Å²) in [5, 5.41) is 6.56. The largest absolute Gasteiger partial charge is 0.383 e. The van der Waals surface area contributed by atoms with Crippen molar-refractivity contribution in [3.63, 3.8) is 0 Å². The number of hydrogen-bond donors (Lipinski definition) is 2. The van der Waals surface area contributed by atoms with Gasteiger partial charge in [-0.1, -0.05) is 26.7 Å². The summed E-state index contributed by atoms with van der Waals surface area (Å²) in [6.45, 7) is 7.18. The van der Waals surface area contributed by atoms with E-state index in [1.807, 2.05) is 0 Å². The third-order valence-corrected chi connectivity index (χ3v) is 4.29. The van der Waals surface area contributed by atoms with Gasteiger partial charge in [0, 0.05) is 13.5 Å². The van der Waals surface area contributed by atoms with Gasteiger partial charge in [0.05, 0.1) is 12.6 Å². The number of rotatable bonds is 9. The molecule has 0 radical (unpaired) electrons. The van der Waals surface area contributed by atoms with Crippen LogP contribution in [0.1, 0.15) is 52.4 Å². The van der Waals surface area contributed by atoms with Crippen LogP contribution in [0.2, 0.25) is 0 Å². The molecule has 126 valence electrons. The third kappa shape index (κ3) is 8.64. The van der Waals surface area contributed by atoms with Crippen LogP contribution in [0.4, 0.5) is 0 Å². The molecule has 1 heterocycles. The maximum absolute atomic E-state index is 12.2. The fourth-order valence-electron chi connectivity index (χ4n) is 2.96. The average molecular weight is 321 g/mol. The van der Waals surface area contributed by atoms with Crippen LogP contribution in [0.15, 0.2) is 0 Å². The van der Waals surface area contributed by atoms with Gasteiger partial charge in [0.25, 0.3) is 0 Å². The zero-order chi connectivity index (χ0) is 14.8. The molecule has 0 aromatic carbocycles. The number of unbranched alkanes of at least 4 members (excludes halogenated alkanes) is 1. The topological polar surface area (TPSA) is 50.4 Å². The van der Waals surface area contributed by atoms with Crippen molar-refractivity contribution < 1.29 is 9.53 Å². The summed E-state index contributed by atoms with van der Waals surface area (Å²) >= 11 is 0. The van der Waals surface area contributed by atoms with Gasteiger partial charge >= 0.3 is 0 Å². The molecule has 0 spiro atoms. The maximum Gasteiger partial charge on any atom is 0.220 e. The van der Waals surface area contributed by atoms with Crippen molar-refractivity contribution in [2.45, 2.75) is 58.4 Å². The first kappa shape index (κ1) is 20.7. The smallest absolute Gasteiger partial charge is 0.220 e. The van der Waals surface area contributed by atoms with Crippen LogP contribution in [-0.4, -0.2) is 38.8 Å². The molecule has 4 nitrogen and oxygen atoms in total.